The maximum Gasteiger partial charge on any atom is 0.223 e. The number of rotatable bonds is 6. The number of aryl methyl sites for hydroxylation is 1. The normalized spacial score (nSPS) is 13.9. The molecule has 1 aromatic heterocycles. The first-order valence-corrected chi connectivity index (χ1v) is 7.74. The highest BCUT2D eigenvalue weighted by atomic mass is 32.2. The van der Waals surface area contributed by atoms with Gasteiger partial charge in [0.05, 0.1) is 0 Å². The molecule has 1 rings (SSSR count). The molecular weight excluding hydrogens is 268 g/mol. The molecule has 2 unspecified atom stereocenters. The molecule has 5 nitrogen and oxygen atoms in total. The van der Waals surface area contributed by atoms with Crippen LogP contribution in [0.3, 0.4) is 0 Å². The minimum Gasteiger partial charge on any atom is -0.388 e. The Morgan fingerprint density at radius 1 is 1.61 bits per heavy atom. The summed E-state index contributed by atoms with van der Waals surface area (Å²) in [6.07, 6.45) is 2.49. The van der Waals surface area contributed by atoms with Gasteiger partial charge in [-0.15, -0.1) is 0 Å². The Morgan fingerprint density at radius 3 is 2.83 bits per heavy atom. The van der Waals surface area contributed by atoms with Crippen LogP contribution < -0.4 is 11.1 Å². The number of hydrogen-bond donors (Lipinski definition) is 2. The van der Waals surface area contributed by atoms with Crippen molar-refractivity contribution in [2.24, 2.45) is 5.73 Å². The third-order valence-corrected chi connectivity index (χ3v) is 3.34. The van der Waals surface area contributed by atoms with E-state index in [0.29, 0.717) is 17.4 Å². The molecule has 0 aliphatic heterocycles. The molecule has 0 fully saturated rings. The third kappa shape index (κ3) is 5.05. The van der Waals surface area contributed by atoms with Crippen LogP contribution in [-0.2, 0) is 10.8 Å². The summed E-state index contributed by atoms with van der Waals surface area (Å²) in [5, 5.41) is 3.16. The summed E-state index contributed by atoms with van der Waals surface area (Å²) >= 11 is 4.90. The monoisotopic (exact) mass is 286 g/mol. The zero-order valence-corrected chi connectivity index (χ0v) is 12.4. The molecule has 18 heavy (non-hydrogen) atoms. The predicted octanol–water partition coefficient (Wildman–Crippen LogP) is 0.988. The fraction of sp³-hybridized carbons (Fsp3) is 0.545. The molecule has 0 spiro atoms. The van der Waals surface area contributed by atoms with Gasteiger partial charge in [-0.2, -0.15) is 0 Å². The van der Waals surface area contributed by atoms with Gasteiger partial charge >= 0.3 is 0 Å². The van der Waals surface area contributed by atoms with Gasteiger partial charge in [0, 0.05) is 34.5 Å². The molecule has 0 radical (unpaired) electrons. The number of aromatic nitrogens is 2. The van der Waals surface area contributed by atoms with Gasteiger partial charge in [-0.3, -0.25) is 4.21 Å². The fourth-order valence-corrected chi connectivity index (χ4v) is 2.18. The second kappa shape index (κ2) is 6.75. The lowest BCUT2D eigenvalue weighted by molar-refractivity contribution is 0.677. The molecule has 3 N–H and O–H groups in total. The maximum absolute atomic E-state index is 11.0. The smallest absolute Gasteiger partial charge is 0.223 e. The van der Waals surface area contributed by atoms with Crippen LogP contribution in [0.2, 0.25) is 0 Å². The van der Waals surface area contributed by atoms with Gasteiger partial charge in [0.15, 0.2) is 0 Å². The first-order chi connectivity index (χ1) is 8.38. The number of thiocarbonyl (C=S) groups is 1. The van der Waals surface area contributed by atoms with Crippen LogP contribution in [0.4, 0.5) is 5.95 Å². The van der Waals surface area contributed by atoms with E-state index in [4.69, 9.17) is 18.0 Å². The van der Waals surface area contributed by atoms with Gasteiger partial charge in [-0.1, -0.05) is 12.2 Å². The van der Waals surface area contributed by atoms with E-state index in [-0.39, 0.29) is 11.0 Å². The zero-order chi connectivity index (χ0) is 13.7. The molecule has 0 saturated carbocycles. The Kier molecular flexibility index (Phi) is 5.61. The number of hydrogen-bond acceptors (Lipinski definition) is 5. The highest BCUT2D eigenvalue weighted by Gasteiger charge is 2.08. The first kappa shape index (κ1) is 15.0. The molecular formula is C11H18N4OS2. The van der Waals surface area contributed by atoms with Gasteiger partial charge in [0.25, 0.3) is 0 Å². The van der Waals surface area contributed by atoms with Crippen LogP contribution in [0.25, 0.3) is 0 Å². The van der Waals surface area contributed by atoms with Crippen molar-refractivity contribution < 1.29 is 4.21 Å². The summed E-state index contributed by atoms with van der Waals surface area (Å²) in [6.45, 7) is 3.86. The Bertz CT molecular complexity index is 464. The summed E-state index contributed by atoms with van der Waals surface area (Å²) in [7, 11) is -0.782. The largest absolute Gasteiger partial charge is 0.388 e. The summed E-state index contributed by atoms with van der Waals surface area (Å²) < 4.78 is 11.0. The van der Waals surface area contributed by atoms with E-state index in [2.05, 4.69) is 15.3 Å². The van der Waals surface area contributed by atoms with Gasteiger partial charge in [-0.25, -0.2) is 9.97 Å². The molecule has 100 valence electrons. The standard InChI is InChI=1S/C11H18N4OS2/c1-7(4-5-18(3)16)13-11-14-8(2)6-9(15-11)10(12)17/h6-7H,4-5H2,1-3H3,(H2,12,17)(H,13,14,15). The van der Waals surface area contributed by atoms with E-state index in [1.807, 2.05) is 13.8 Å². The Hall–Kier alpha value is -1.08. The van der Waals surface area contributed by atoms with Crippen molar-refractivity contribution in [3.05, 3.63) is 17.5 Å². The zero-order valence-electron chi connectivity index (χ0n) is 10.8. The molecule has 0 aromatic carbocycles. The SMILES string of the molecule is Cc1cc(C(N)=S)nc(NC(C)CCS(C)=O)n1. The van der Waals surface area contributed by atoms with Crippen molar-refractivity contribution in [1.82, 2.24) is 9.97 Å². The first-order valence-electron chi connectivity index (χ1n) is 5.60. The number of anilines is 1. The average Bonchev–Trinajstić information content (AvgIpc) is 2.25. The van der Waals surface area contributed by atoms with Gasteiger partial charge in [0.2, 0.25) is 5.95 Å². The maximum atomic E-state index is 11.0. The summed E-state index contributed by atoms with van der Waals surface area (Å²) in [5.74, 6) is 1.16. The molecule has 1 heterocycles. The topological polar surface area (TPSA) is 80.9 Å². The fourth-order valence-electron chi connectivity index (χ4n) is 1.39. The third-order valence-electron chi connectivity index (χ3n) is 2.32. The van der Waals surface area contributed by atoms with Crippen molar-refractivity contribution in [2.75, 3.05) is 17.3 Å². The lowest BCUT2D eigenvalue weighted by Crippen LogP contribution is -2.21. The second-order valence-electron chi connectivity index (χ2n) is 4.19. The summed E-state index contributed by atoms with van der Waals surface area (Å²) in [5.41, 5.74) is 6.92. The number of nitrogens with two attached hydrogens (primary N) is 1. The molecule has 1 aromatic rings. The molecule has 0 saturated heterocycles. The highest BCUT2D eigenvalue weighted by molar-refractivity contribution is 7.84. The average molecular weight is 286 g/mol. The number of nitrogens with zero attached hydrogens (tertiary/aromatic N) is 2. The van der Waals surface area contributed by atoms with Gasteiger partial charge < -0.3 is 11.1 Å². The van der Waals surface area contributed by atoms with E-state index in [0.717, 1.165) is 12.1 Å². The molecule has 2 atom stereocenters. The van der Waals surface area contributed by atoms with Crippen molar-refractivity contribution in [3.8, 4) is 0 Å². The van der Waals surface area contributed by atoms with E-state index >= 15 is 0 Å². The van der Waals surface area contributed by atoms with Crippen LogP contribution in [-0.4, -0.2) is 37.2 Å². The summed E-state index contributed by atoms with van der Waals surface area (Å²) in [6, 6.07) is 1.90. The van der Waals surface area contributed by atoms with Crippen molar-refractivity contribution in [2.45, 2.75) is 26.3 Å². The Labute approximate surface area is 115 Å². The molecule has 7 heteroatoms. The van der Waals surface area contributed by atoms with E-state index in [1.165, 1.54) is 0 Å². The van der Waals surface area contributed by atoms with Crippen LogP contribution in [0.5, 0.6) is 0 Å². The van der Waals surface area contributed by atoms with E-state index in [9.17, 15) is 4.21 Å². The van der Waals surface area contributed by atoms with E-state index in [1.54, 1.807) is 12.3 Å². The van der Waals surface area contributed by atoms with Crippen LogP contribution >= 0.6 is 12.2 Å². The predicted molar refractivity (Wildman–Crippen MR) is 79.3 cm³/mol. The quantitative estimate of drug-likeness (QED) is 0.759. The van der Waals surface area contributed by atoms with Gasteiger partial charge in [-0.05, 0) is 26.3 Å². The van der Waals surface area contributed by atoms with Crippen LogP contribution in [0, 0.1) is 6.92 Å². The Morgan fingerprint density at radius 2 is 2.28 bits per heavy atom. The summed E-state index contributed by atoms with van der Waals surface area (Å²) in [4.78, 5) is 8.76. The Balaban J connectivity index is 2.72. The van der Waals surface area contributed by atoms with Crippen LogP contribution in [0.1, 0.15) is 24.7 Å². The molecule has 0 bridgehead atoms. The van der Waals surface area contributed by atoms with Gasteiger partial charge in [0.1, 0.15) is 10.7 Å². The van der Waals surface area contributed by atoms with Crippen molar-refractivity contribution in [1.29, 1.82) is 0 Å². The lowest BCUT2D eigenvalue weighted by Gasteiger charge is -2.14. The van der Waals surface area contributed by atoms with Crippen LogP contribution in [0.15, 0.2) is 6.07 Å². The van der Waals surface area contributed by atoms with Crippen molar-refractivity contribution in [3.63, 3.8) is 0 Å². The lowest BCUT2D eigenvalue weighted by atomic mass is 10.2. The second-order valence-corrected chi connectivity index (χ2v) is 6.19. The van der Waals surface area contributed by atoms with E-state index < -0.39 is 10.8 Å². The molecule has 0 aliphatic rings. The van der Waals surface area contributed by atoms with Crippen molar-refractivity contribution >= 4 is 34.0 Å². The number of nitrogens with one attached hydrogen (secondary N) is 1. The molecule has 0 aliphatic carbocycles. The molecule has 0 amide bonds. The minimum atomic E-state index is -0.782. The highest BCUT2D eigenvalue weighted by Crippen LogP contribution is 2.07. The minimum absolute atomic E-state index is 0.148.